The van der Waals surface area contributed by atoms with Crippen LogP contribution in [0.5, 0.6) is 0 Å². The molecule has 0 radical (unpaired) electrons. The van der Waals surface area contributed by atoms with Gasteiger partial charge in [-0.15, -0.1) is 0 Å². The van der Waals surface area contributed by atoms with Crippen LogP contribution in [0.15, 0.2) is 24.3 Å². The lowest BCUT2D eigenvalue weighted by Crippen LogP contribution is -2.55. The van der Waals surface area contributed by atoms with E-state index in [9.17, 15) is 14.9 Å². The van der Waals surface area contributed by atoms with Crippen LogP contribution in [0.25, 0.3) is 0 Å². The van der Waals surface area contributed by atoms with Gasteiger partial charge in [-0.2, -0.15) is 0 Å². The van der Waals surface area contributed by atoms with Crippen LogP contribution >= 0.6 is 0 Å². The molecule has 0 bridgehead atoms. The molecule has 8 heteroatoms. The Morgan fingerprint density at radius 2 is 2.04 bits per heavy atom. The zero-order valence-corrected chi connectivity index (χ0v) is 14.4. The number of rotatable bonds is 5. The van der Waals surface area contributed by atoms with Crippen molar-refractivity contribution < 1.29 is 14.5 Å². The number of carbonyl (C=O) groups excluding carboxylic acids is 1. The molecule has 2 aliphatic heterocycles. The van der Waals surface area contributed by atoms with E-state index in [1.54, 1.807) is 18.2 Å². The number of hydrogen-bond donors (Lipinski definition) is 1. The number of carbonyl (C=O) groups is 1. The van der Waals surface area contributed by atoms with Crippen molar-refractivity contribution in [2.24, 2.45) is 0 Å². The van der Waals surface area contributed by atoms with Gasteiger partial charge in [-0.1, -0.05) is 12.1 Å². The number of para-hydroxylation sites is 2. The van der Waals surface area contributed by atoms with E-state index in [0.717, 1.165) is 45.8 Å². The van der Waals surface area contributed by atoms with Gasteiger partial charge in [-0.05, 0) is 19.4 Å². The third-order valence-corrected chi connectivity index (χ3v) is 5.06. The van der Waals surface area contributed by atoms with Crippen LogP contribution in [0.4, 0.5) is 11.4 Å². The number of ether oxygens (including phenoxy) is 1. The van der Waals surface area contributed by atoms with Crippen molar-refractivity contribution >= 4 is 17.3 Å². The molecule has 2 aliphatic rings. The van der Waals surface area contributed by atoms with Gasteiger partial charge in [-0.25, -0.2) is 0 Å². The molecule has 3 rings (SSSR count). The summed E-state index contributed by atoms with van der Waals surface area (Å²) >= 11 is 0. The Kier molecular flexibility index (Phi) is 5.62. The molecule has 2 heterocycles. The number of nitro groups is 1. The molecule has 1 aromatic carbocycles. The van der Waals surface area contributed by atoms with Gasteiger partial charge in [0, 0.05) is 44.9 Å². The number of benzene rings is 1. The molecule has 0 aliphatic carbocycles. The van der Waals surface area contributed by atoms with Crippen LogP contribution in [-0.2, 0) is 9.53 Å². The number of amides is 1. The van der Waals surface area contributed by atoms with Crippen molar-refractivity contribution in [3.63, 3.8) is 0 Å². The SMILES string of the molecule is CC(C(=O)Nc1ccccc1[N+](=O)[O-])N1CCN(C2CCOC2)CC1. The van der Waals surface area contributed by atoms with E-state index in [4.69, 9.17) is 4.74 Å². The molecule has 2 unspecified atom stereocenters. The molecule has 2 saturated heterocycles. The van der Waals surface area contributed by atoms with Crippen molar-refractivity contribution in [1.29, 1.82) is 0 Å². The van der Waals surface area contributed by atoms with Gasteiger partial charge in [0.25, 0.3) is 5.69 Å². The number of piperazine rings is 1. The van der Waals surface area contributed by atoms with Crippen LogP contribution in [0, 0.1) is 10.1 Å². The first-order valence-corrected chi connectivity index (χ1v) is 8.66. The highest BCUT2D eigenvalue weighted by Crippen LogP contribution is 2.24. The van der Waals surface area contributed by atoms with Crippen molar-refractivity contribution in [1.82, 2.24) is 9.80 Å². The second-order valence-corrected chi connectivity index (χ2v) is 6.53. The van der Waals surface area contributed by atoms with E-state index in [0.29, 0.717) is 6.04 Å². The second kappa shape index (κ2) is 7.90. The normalized spacial score (nSPS) is 23.3. The lowest BCUT2D eigenvalue weighted by molar-refractivity contribution is -0.383. The first kappa shape index (κ1) is 17.8. The molecule has 0 aromatic heterocycles. The Morgan fingerprint density at radius 3 is 2.68 bits per heavy atom. The molecule has 8 nitrogen and oxygen atoms in total. The molecule has 2 fully saturated rings. The molecule has 0 saturated carbocycles. The van der Waals surface area contributed by atoms with Crippen molar-refractivity contribution in [3.05, 3.63) is 34.4 Å². The summed E-state index contributed by atoms with van der Waals surface area (Å²) < 4.78 is 5.45. The number of nitrogens with zero attached hydrogens (tertiary/aromatic N) is 3. The molecular weight excluding hydrogens is 324 g/mol. The fourth-order valence-corrected chi connectivity index (χ4v) is 3.44. The Balaban J connectivity index is 1.55. The molecule has 25 heavy (non-hydrogen) atoms. The van der Waals surface area contributed by atoms with Crippen LogP contribution in [0.2, 0.25) is 0 Å². The molecule has 1 aromatic rings. The lowest BCUT2D eigenvalue weighted by Gasteiger charge is -2.39. The van der Waals surface area contributed by atoms with Crippen molar-refractivity contribution in [3.8, 4) is 0 Å². The zero-order chi connectivity index (χ0) is 17.8. The Labute approximate surface area is 146 Å². The van der Waals surface area contributed by atoms with Crippen LogP contribution in [0.1, 0.15) is 13.3 Å². The van der Waals surface area contributed by atoms with E-state index in [1.165, 1.54) is 6.07 Å². The molecule has 136 valence electrons. The predicted molar refractivity (Wildman–Crippen MR) is 93.6 cm³/mol. The Morgan fingerprint density at radius 1 is 1.32 bits per heavy atom. The summed E-state index contributed by atoms with van der Waals surface area (Å²) in [6.45, 7) is 6.92. The minimum absolute atomic E-state index is 0.0888. The third kappa shape index (κ3) is 4.15. The van der Waals surface area contributed by atoms with Crippen LogP contribution in [0.3, 0.4) is 0 Å². The van der Waals surface area contributed by atoms with Gasteiger partial charge in [0.15, 0.2) is 0 Å². The summed E-state index contributed by atoms with van der Waals surface area (Å²) in [6.07, 6.45) is 1.08. The summed E-state index contributed by atoms with van der Waals surface area (Å²) in [5.74, 6) is -0.216. The monoisotopic (exact) mass is 348 g/mol. The first-order chi connectivity index (χ1) is 12.1. The molecular formula is C17H24N4O4. The van der Waals surface area contributed by atoms with Gasteiger partial charge in [0.2, 0.25) is 5.91 Å². The number of hydrogen-bond acceptors (Lipinski definition) is 6. The molecule has 1 N–H and O–H groups in total. The van der Waals surface area contributed by atoms with E-state index >= 15 is 0 Å². The highest BCUT2D eigenvalue weighted by molar-refractivity contribution is 5.96. The maximum Gasteiger partial charge on any atom is 0.292 e. The molecule has 1 amide bonds. The van der Waals surface area contributed by atoms with Crippen molar-refractivity contribution in [2.45, 2.75) is 25.4 Å². The molecule has 0 spiro atoms. The molecule has 2 atom stereocenters. The number of anilines is 1. The van der Waals surface area contributed by atoms with E-state index < -0.39 is 4.92 Å². The van der Waals surface area contributed by atoms with Gasteiger partial charge in [0.1, 0.15) is 5.69 Å². The smallest absolute Gasteiger partial charge is 0.292 e. The maximum absolute atomic E-state index is 12.5. The minimum Gasteiger partial charge on any atom is -0.380 e. The quantitative estimate of drug-likeness (QED) is 0.638. The lowest BCUT2D eigenvalue weighted by atomic mass is 10.1. The summed E-state index contributed by atoms with van der Waals surface area (Å²) in [5, 5.41) is 13.8. The Hall–Kier alpha value is -2.03. The van der Waals surface area contributed by atoms with Crippen LogP contribution < -0.4 is 5.32 Å². The fourth-order valence-electron chi connectivity index (χ4n) is 3.44. The maximum atomic E-state index is 12.5. The summed E-state index contributed by atoms with van der Waals surface area (Å²) in [6, 6.07) is 6.38. The van der Waals surface area contributed by atoms with Crippen molar-refractivity contribution in [2.75, 3.05) is 44.7 Å². The third-order valence-electron chi connectivity index (χ3n) is 5.06. The summed E-state index contributed by atoms with van der Waals surface area (Å²) in [7, 11) is 0. The summed E-state index contributed by atoms with van der Waals surface area (Å²) in [5.41, 5.74) is 0.153. The van der Waals surface area contributed by atoms with Crippen LogP contribution in [-0.4, -0.2) is 72.1 Å². The highest BCUT2D eigenvalue weighted by Gasteiger charge is 2.30. The summed E-state index contributed by atoms with van der Waals surface area (Å²) in [4.78, 5) is 27.6. The fraction of sp³-hybridized carbons (Fsp3) is 0.588. The number of nitrogens with one attached hydrogen (secondary N) is 1. The topological polar surface area (TPSA) is 87.9 Å². The van der Waals surface area contributed by atoms with Gasteiger partial charge < -0.3 is 10.1 Å². The largest absolute Gasteiger partial charge is 0.380 e. The van der Waals surface area contributed by atoms with Gasteiger partial charge >= 0.3 is 0 Å². The van der Waals surface area contributed by atoms with Gasteiger partial charge in [0.05, 0.1) is 17.6 Å². The first-order valence-electron chi connectivity index (χ1n) is 8.66. The number of nitro benzene ring substituents is 1. The van der Waals surface area contributed by atoms with E-state index in [2.05, 4.69) is 15.1 Å². The Bertz CT molecular complexity index is 625. The van der Waals surface area contributed by atoms with Gasteiger partial charge in [-0.3, -0.25) is 24.7 Å². The average Bonchev–Trinajstić information content (AvgIpc) is 3.16. The van der Waals surface area contributed by atoms with E-state index in [-0.39, 0.29) is 23.3 Å². The minimum atomic E-state index is -0.483. The van der Waals surface area contributed by atoms with E-state index in [1.807, 2.05) is 6.92 Å². The predicted octanol–water partition coefficient (Wildman–Crippen LogP) is 1.33. The zero-order valence-electron chi connectivity index (χ0n) is 14.4. The standard InChI is InChI=1S/C17H24N4O4/c1-13(17(22)18-15-4-2-3-5-16(15)21(23)24)19-7-9-20(10-8-19)14-6-11-25-12-14/h2-5,13-14H,6-12H2,1H3,(H,18,22). The highest BCUT2D eigenvalue weighted by atomic mass is 16.6. The second-order valence-electron chi connectivity index (χ2n) is 6.53. The average molecular weight is 348 g/mol.